The second-order valence-corrected chi connectivity index (χ2v) is 9.06. The van der Waals surface area contributed by atoms with E-state index in [4.69, 9.17) is 23.7 Å². The van der Waals surface area contributed by atoms with Crippen LogP contribution in [-0.4, -0.2) is 54.9 Å². The summed E-state index contributed by atoms with van der Waals surface area (Å²) in [5, 5.41) is 13.8. The monoisotopic (exact) mass is 396 g/mol. The summed E-state index contributed by atoms with van der Waals surface area (Å²) in [5.41, 5.74) is -1.21. The van der Waals surface area contributed by atoms with E-state index in [2.05, 4.69) is 18.3 Å². The van der Waals surface area contributed by atoms with E-state index in [1.54, 1.807) is 0 Å². The standard InChI is InChI=1S/C21H36N2O5/c1-6-7-8-9-10-11-12-23-20(14-22)17-16(26-19(4,5)27-17)13-24-21(20)15-25-18(2,3)28-21/h16-17,23H,6-13,15H2,1-5H3/t16-,17-,20-,21?/m1/s1. The molecular formula is C21H36N2O5. The van der Waals surface area contributed by atoms with Crippen LogP contribution in [0.25, 0.3) is 0 Å². The molecule has 1 spiro atoms. The van der Waals surface area contributed by atoms with E-state index >= 15 is 0 Å². The molecule has 28 heavy (non-hydrogen) atoms. The zero-order chi connectivity index (χ0) is 20.5. The molecule has 0 aromatic carbocycles. The van der Waals surface area contributed by atoms with Gasteiger partial charge in [-0.3, -0.25) is 5.32 Å². The Morgan fingerprint density at radius 1 is 0.964 bits per heavy atom. The van der Waals surface area contributed by atoms with Crippen LogP contribution < -0.4 is 5.32 Å². The number of ether oxygens (including phenoxy) is 5. The third-order valence-corrected chi connectivity index (χ3v) is 5.82. The predicted molar refractivity (Wildman–Crippen MR) is 103 cm³/mol. The summed E-state index contributed by atoms with van der Waals surface area (Å²) in [6.45, 7) is 10.8. The fourth-order valence-corrected chi connectivity index (χ4v) is 4.48. The van der Waals surface area contributed by atoms with E-state index in [1.807, 2.05) is 27.7 Å². The van der Waals surface area contributed by atoms with Crippen molar-refractivity contribution in [3.05, 3.63) is 0 Å². The molecule has 0 aromatic rings. The van der Waals surface area contributed by atoms with Crippen molar-refractivity contribution in [1.82, 2.24) is 5.32 Å². The third kappa shape index (κ3) is 4.09. The van der Waals surface area contributed by atoms with Crippen molar-refractivity contribution in [2.24, 2.45) is 0 Å². The lowest BCUT2D eigenvalue weighted by Crippen LogP contribution is -2.76. The Balaban J connectivity index is 1.76. The van der Waals surface area contributed by atoms with Gasteiger partial charge in [0.2, 0.25) is 5.79 Å². The highest BCUT2D eigenvalue weighted by molar-refractivity contribution is 5.26. The van der Waals surface area contributed by atoms with Crippen LogP contribution in [0.2, 0.25) is 0 Å². The van der Waals surface area contributed by atoms with Crippen LogP contribution in [0.1, 0.15) is 73.1 Å². The van der Waals surface area contributed by atoms with Crippen molar-refractivity contribution in [3.8, 4) is 6.07 Å². The van der Waals surface area contributed by atoms with Gasteiger partial charge in [0.1, 0.15) is 18.8 Å². The molecule has 3 aliphatic heterocycles. The van der Waals surface area contributed by atoms with Gasteiger partial charge in [-0.25, -0.2) is 0 Å². The fourth-order valence-electron chi connectivity index (χ4n) is 4.48. The van der Waals surface area contributed by atoms with E-state index in [0.717, 1.165) is 12.8 Å². The second kappa shape index (κ2) is 8.17. The first-order valence-corrected chi connectivity index (χ1v) is 10.7. The summed E-state index contributed by atoms with van der Waals surface area (Å²) in [6, 6.07) is 2.46. The van der Waals surface area contributed by atoms with Crippen molar-refractivity contribution in [2.75, 3.05) is 19.8 Å². The van der Waals surface area contributed by atoms with Gasteiger partial charge in [-0.05, 0) is 40.7 Å². The van der Waals surface area contributed by atoms with Gasteiger partial charge >= 0.3 is 0 Å². The number of nitrogens with one attached hydrogen (secondary N) is 1. The van der Waals surface area contributed by atoms with Gasteiger partial charge in [0.25, 0.3) is 0 Å². The minimum absolute atomic E-state index is 0.171. The Bertz CT molecular complexity index is 588. The first-order valence-electron chi connectivity index (χ1n) is 10.7. The molecule has 1 N–H and O–H groups in total. The van der Waals surface area contributed by atoms with Gasteiger partial charge in [0.05, 0.1) is 12.7 Å². The molecule has 160 valence electrons. The molecule has 0 aromatic heterocycles. The fraction of sp³-hybridized carbons (Fsp3) is 0.952. The maximum absolute atomic E-state index is 10.4. The van der Waals surface area contributed by atoms with Gasteiger partial charge in [0, 0.05) is 0 Å². The van der Waals surface area contributed by atoms with Crippen LogP contribution in [0.15, 0.2) is 0 Å². The second-order valence-electron chi connectivity index (χ2n) is 9.06. The Morgan fingerprint density at radius 3 is 2.32 bits per heavy atom. The highest BCUT2D eigenvalue weighted by Gasteiger charge is 2.71. The normalized spacial score (nSPS) is 38.4. The van der Waals surface area contributed by atoms with Crippen molar-refractivity contribution >= 4 is 0 Å². The first-order chi connectivity index (χ1) is 13.2. The molecule has 0 aliphatic carbocycles. The SMILES string of the molecule is CCCCCCCCN[C@]1(C#N)[C@@H]2OC(C)(C)O[C@@H]2COC12COC(C)(C)O2. The van der Waals surface area contributed by atoms with E-state index in [-0.39, 0.29) is 12.7 Å². The molecule has 0 bridgehead atoms. The lowest BCUT2D eigenvalue weighted by Gasteiger charge is -2.50. The number of fused-ring (bicyclic) bond motifs is 1. The van der Waals surface area contributed by atoms with E-state index < -0.39 is 29.0 Å². The van der Waals surface area contributed by atoms with Crippen LogP contribution in [0.3, 0.4) is 0 Å². The van der Waals surface area contributed by atoms with Gasteiger partial charge in [-0.2, -0.15) is 5.26 Å². The smallest absolute Gasteiger partial charge is 0.230 e. The number of unbranched alkanes of at least 4 members (excludes halogenated alkanes) is 5. The molecular weight excluding hydrogens is 360 g/mol. The molecule has 0 radical (unpaired) electrons. The molecule has 7 nitrogen and oxygen atoms in total. The summed E-state index contributed by atoms with van der Waals surface area (Å²) < 4.78 is 30.4. The Kier molecular flexibility index (Phi) is 6.41. The van der Waals surface area contributed by atoms with E-state index in [0.29, 0.717) is 13.2 Å². The Morgan fingerprint density at radius 2 is 1.68 bits per heavy atom. The van der Waals surface area contributed by atoms with E-state index in [9.17, 15) is 5.26 Å². The quantitative estimate of drug-likeness (QED) is 0.631. The summed E-state index contributed by atoms with van der Waals surface area (Å²) in [6.07, 6.45) is 6.26. The van der Waals surface area contributed by atoms with Crippen molar-refractivity contribution < 1.29 is 23.7 Å². The average molecular weight is 397 g/mol. The maximum atomic E-state index is 10.4. The number of hydrogen-bond donors (Lipinski definition) is 1. The van der Waals surface area contributed by atoms with Crippen molar-refractivity contribution in [3.63, 3.8) is 0 Å². The Labute approximate surface area is 169 Å². The molecule has 7 heteroatoms. The molecule has 3 aliphatic rings. The summed E-state index contributed by atoms with van der Waals surface area (Å²) in [7, 11) is 0. The predicted octanol–water partition coefficient (Wildman–Crippen LogP) is 3.23. The van der Waals surface area contributed by atoms with Crippen molar-refractivity contribution in [2.45, 2.75) is 108 Å². The summed E-state index contributed by atoms with van der Waals surface area (Å²) >= 11 is 0. The largest absolute Gasteiger partial charge is 0.345 e. The molecule has 4 atom stereocenters. The van der Waals surface area contributed by atoms with Gasteiger partial charge in [-0.1, -0.05) is 39.0 Å². The lowest BCUT2D eigenvalue weighted by atomic mass is 9.79. The summed E-state index contributed by atoms with van der Waals surface area (Å²) in [4.78, 5) is 0. The third-order valence-electron chi connectivity index (χ3n) is 5.82. The van der Waals surface area contributed by atoms with Crippen LogP contribution in [0.5, 0.6) is 0 Å². The minimum Gasteiger partial charge on any atom is -0.345 e. The molecule has 3 rings (SSSR count). The zero-order valence-electron chi connectivity index (χ0n) is 18.0. The number of hydrogen-bond acceptors (Lipinski definition) is 7. The number of nitriles is 1. The Hall–Kier alpha value is -0.750. The number of rotatable bonds is 8. The number of nitrogens with zero attached hydrogens (tertiary/aromatic N) is 1. The van der Waals surface area contributed by atoms with Crippen LogP contribution in [-0.2, 0) is 23.7 Å². The topological polar surface area (TPSA) is 82.0 Å². The molecule has 1 unspecified atom stereocenters. The molecule has 0 amide bonds. The van der Waals surface area contributed by atoms with Gasteiger partial charge in [0.15, 0.2) is 17.1 Å². The maximum Gasteiger partial charge on any atom is 0.230 e. The molecule has 3 fully saturated rings. The lowest BCUT2D eigenvalue weighted by molar-refractivity contribution is -0.314. The molecule has 3 heterocycles. The first kappa shape index (κ1) is 21.9. The molecule has 3 saturated heterocycles. The highest BCUT2D eigenvalue weighted by atomic mass is 16.8. The van der Waals surface area contributed by atoms with E-state index in [1.165, 1.54) is 25.7 Å². The van der Waals surface area contributed by atoms with Crippen LogP contribution in [0.4, 0.5) is 0 Å². The van der Waals surface area contributed by atoms with Gasteiger partial charge in [-0.15, -0.1) is 0 Å². The minimum atomic E-state index is -1.22. The van der Waals surface area contributed by atoms with Crippen LogP contribution in [0, 0.1) is 11.3 Å². The molecule has 0 saturated carbocycles. The van der Waals surface area contributed by atoms with Crippen LogP contribution >= 0.6 is 0 Å². The average Bonchev–Trinajstić information content (AvgIpc) is 3.12. The summed E-state index contributed by atoms with van der Waals surface area (Å²) in [5.74, 6) is -2.83. The van der Waals surface area contributed by atoms with Crippen molar-refractivity contribution in [1.29, 1.82) is 5.26 Å². The van der Waals surface area contributed by atoms with Gasteiger partial charge < -0.3 is 23.7 Å². The zero-order valence-corrected chi connectivity index (χ0v) is 18.0. The highest BCUT2D eigenvalue weighted by Crippen LogP contribution is 2.49.